The van der Waals surface area contributed by atoms with Gasteiger partial charge in [0.15, 0.2) is 11.8 Å². The van der Waals surface area contributed by atoms with Gasteiger partial charge in [0, 0.05) is 54.4 Å². The van der Waals surface area contributed by atoms with E-state index >= 15 is 4.39 Å². The second-order valence-electron chi connectivity index (χ2n) is 11.3. The van der Waals surface area contributed by atoms with Gasteiger partial charge in [-0.15, -0.1) is 0 Å². The van der Waals surface area contributed by atoms with Crippen molar-refractivity contribution in [3.63, 3.8) is 0 Å². The summed E-state index contributed by atoms with van der Waals surface area (Å²) in [7, 11) is 0. The van der Waals surface area contributed by atoms with Crippen LogP contribution in [0.2, 0.25) is 5.02 Å². The number of rotatable bonds is 15. The molecule has 1 aliphatic heterocycles. The molecule has 0 amide bonds. The van der Waals surface area contributed by atoms with Crippen LogP contribution < -0.4 is 43.0 Å². The number of aromatic nitrogens is 5. The highest BCUT2D eigenvalue weighted by Crippen LogP contribution is 2.29. The summed E-state index contributed by atoms with van der Waals surface area (Å²) in [6.45, 7) is 3.60. The molecule has 244 valence electrons. The van der Waals surface area contributed by atoms with Crippen LogP contribution in [0, 0.1) is 11.2 Å². The van der Waals surface area contributed by atoms with Crippen LogP contribution in [0.4, 0.5) is 16.0 Å². The minimum Gasteiger partial charge on any atom is -0.370 e. The number of fused-ring (bicyclic) bond motifs is 1. The molecule has 3 atom stereocenters. The monoisotopic (exact) mass is 651 g/mol. The third-order valence-corrected chi connectivity index (χ3v) is 7.87. The van der Waals surface area contributed by atoms with Crippen molar-refractivity contribution in [2.45, 2.75) is 57.6 Å². The van der Waals surface area contributed by atoms with E-state index in [4.69, 9.17) is 28.5 Å². The number of aryl methyl sites for hydroxylation is 1. The highest BCUT2D eigenvalue weighted by molar-refractivity contribution is 6.31. The maximum atomic E-state index is 15.1. The predicted octanol–water partition coefficient (Wildman–Crippen LogP) is 1.25. The van der Waals surface area contributed by atoms with Crippen LogP contribution in [0.25, 0.3) is 17.5 Å². The summed E-state index contributed by atoms with van der Waals surface area (Å²) < 4.78 is 15.1. The standard InChI is InChI=1S/C30H39ClFN13O/c1-17(33)3-2-4-19-11-23(26(32)24(31)12-19)25-13-20-16-45(30(46)40-27(20)39-25)22-7-5-18(6-8-22)14-37-21(9-10-36-28(34)35)15-38-29-41-43-44-42-29/h5-8,11-13,16-17,21,30,37,46H,2-4,9-10,14-15,33H2,1H3,(H,39,40)(H4,34,35,36)(H2,38,41,42,43,44)/t17-,21+,30?/m0/s1. The third-order valence-electron chi connectivity index (χ3n) is 7.60. The summed E-state index contributed by atoms with van der Waals surface area (Å²) in [6.07, 6.45) is 3.78. The minimum atomic E-state index is -1.17. The summed E-state index contributed by atoms with van der Waals surface area (Å²) >= 11 is 6.26. The molecule has 0 saturated carbocycles. The van der Waals surface area contributed by atoms with Gasteiger partial charge in [0.25, 0.3) is 0 Å². The summed E-state index contributed by atoms with van der Waals surface area (Å²) in [5, 5.41) is 42.1. The van der Waals surface area contributed by atoms with Gasteiger partial charge in [-0.25, -0.2) is 14.5 Å². The van der Waals surface area contributed by atoms with Gasteiger partial charge in [0.05, 0.1) is 10.7 Å². The number of nitrogens with zero attached hydrogens (tertiary/aromatic N) is 5. The molecule has 0 radical (unpaired) electrons. The molecule has 16 heteroatoms. The minimum absolute atomic E-state index is 0.0175. The molecule has 3 heterocycles. The number of nitrogens with two attached hydrogens (primary N) is 2. The number of aliphatic hydroxyl groups is 1. The molecule has 4 aromatic rings. The molecule has 5 rings (SSSR count). The highest BCUT2D eigenvalue weighted by Gasteiger charge is 2.20. The van der Waals surface area contributed by atoms with Crippen molar-refractivity contribution < 1.29 is 9.50 Å². The number of aliphatic hydroxyl groups excluding tert-OH is 1. The van der Waals surface area contributed by atoms with Gasteiger partial charge in [-0.3, -0.25) is 5.41 Å². The molecule has 46 heavy (non-hydrogen) atoms. The van der Waals surface area contributed by atoms with E-state index in [2.05, 4.69) is 46.6 Å². The smallest absolute Gasteiger partial charge is 0.240 e. The molecule has 11 N–H and O–H groups in total. The Morgan fingerprint density at radius 1 is 1.20 bits per heavy atom. The van der Waals surface area contributed by atoms with E-state index in [1.807, 2.05) is 31.2 Å². The summed E-state index contributed by atoms with van der Waals surface area (Å²) in [5.74, 6) is -0.130. The van der Waals surface area contributed by atoms with Gasteiger partial charge in [0.2, 0.25) is 12.3 Å². The Labute approximate surface area is 270 Å². The maximum Gasteiger partial charge on any atom is 0.240 e. The van der Waals surface area contributed by atoms with Crippen LogP contribution in [-0.2, 0) is 13.0 Å². The quantitative estimate of drug-likeness (QED) is 0.0662. The van der Waals surface area contributed by atoms with E-state index in [-0.39, 0.29) is 23.1 Å². The van der Waals surface area contributed by atoms with Crippen molar-refractivity contribution in [1.82, 2.24) is 36.2 Å². The number of aromatic amines is 2. The van der Waals surface area contributed by atoms with Gasteiger partial charge >= 0.3 is 0 Å². The Bertz CT molecular complexity index is 1730. The van der Waals surface area contributed by atoms with E-state index in [0.717, 1.165) is 36.1 Å². The molecule has 2 aromatic carbocycles. The first-order valence-corrected chi connectivity index (χ1v) is 15.4. The molecule has 0 aliphatic carbocycles. The largest absolute Gasteiger partial charge is 0.370 e. The van der Waals surface area contributed by atoms with Crippen molar-refractivity contribution in [2.75, 3.05) is 23.3 Å². The van der Waals surface area contributed by atoms with Gasteiger partial charge in [-0.2, -0.15) is 0 Å². The van der Waals surface area contributed by atoms with Crippen LogP contribution in [-0.4, -0.2) is 68.2 Å². The van der Waals surface area contributed by atoms with Gasteiger partial charge in [-0.1, -0.05) is 28.8 Å². The molecule has 2 aromatic heterocycles. The van der Waals surface area contributed by atoms with Crippen LogP contribution in [0.15, 0.2) is 47.5 Å². The molecular weight excluding hydrogens is 613 g/mol. The number of hydrogen-bond donors (Lipinski definition) is 9. The lowest BCUT2D eigenvalue weighted by Gasteiger charge is -2.25. The van der Waals surface area contributed by atoms with E-state index in [1.54, 1.807) is 29.3 Å². The first-order chi connectivity index (χ1) is 22.2. The van der Waals surface area contributed by atoms with E-state index < -0.39 is 12.2 Å². The second kappa shape index (κ2) is 15.1. The van der Waals surface area contributed by atoms with Crippen LogP contribution in [0.1, 0.15) is 37.3 Å². The Kier molecular flexibility index (Phi) is 10.8. The molecule has 14 nitrogen and oxygen atoms in total. The fourth-order valence-electron chi connectivity index (χ4n) is 5.19. The normalized spacial score (nSPS) is 15.4. The molecule has 0 saturated heterocycles. The number of tetrazole rings is 1. The van der Waals surface area contributed by atoms with Gasteiger partial charge < -0.3 is 42.4 Å². The average Bonchev–Trinajstić information content (AvgIpc) is 3.69. The van der Waals surface area contributed by atoms with Crippen LogP contribution >= 0.6 is 11.6 Å². The third kappa shape index (κ3) is 8.57. The zero-order chi connectivity index (χ0) is 32.6. The number of nitrogens with one attached hydrogen (secondary N) is 6. The Morgan fingerprint density at radius 3 is 2.72 bits per heavy atom. The number of halogens is 2. The first-order valence-electron chi connectivity index (χ1n) is 15.0. The molecule has 1 aliphatic rings. The number of anilines is 2. The molecular formula is C30H39ClFN13O. The zero-order valence-corrected chi connectivity index (χ0v) is 26.2. The molecule has 0 bridgehead atoms. The predicted molar refractivity (Wildman–Crippen MR) is 176 cm³/mol. The van der Waals surface area contributed by atoms with Crippen molar-refractivity contribution >= 4 is 35.4 Å². The zero-order valence-electron chi connectivity index (χ0n) is 25.4. The van der Waals surface area contributed by atoms with E-state index in [0.29, 0.717) is 54.0 Å². The Hall–Kier alpha value is -4.57. The number of guanidine groups is 1. The first kappa shape index (κ1) is 32.8. The fraction of sp³-hybridized carbons (Fsp3) is 0.367. The second-order valence-corrected chi connectivity index (χ2v) is 11.7. The number of H-pyrrole nitrogens is 2. The molecule has 0 fully saturated rings. The lowest BCUT2D eigenvalue weighted by molar-refractivity contribution is 0.186. The summed E-state index contributed by atoms with van der Waals surface area (Å²) in [6, 6.07) is 13.1. The van der Waals surface area contributed by atoms with Gasteiger partial charge in [0.1, 0.15) is 5.49 Å². The topological polar surface area (TPSA) is 218 Å². The van der Waals surface area contributed by atoms with Crippen molar-refractivity contribution in [2.24, 2.45) is 16.5 Å². The van der Waals surface area contributed by atoms with Gasteiger partial charge in [-0.05, 0) is 84.5 Å². The van der Waals surface area contributed by atoms with Crippen molar-refractivity contribution in [3.05, 3.63) is 75.1 Å². The SMILES string of the molecule is C[C@H](N)CCCc1cc(Cl)c(F)c(-c2cc3c([nH]2)=NC(O)N(c2ccc(CN[C@H](CCNC(=N)N)CNc4nnn[nH]4)cc2)C=3)c1. The number of benzene rings is 2. The lowest BCUT2D eigenvalue weighted by atomic mass is 10.0. The fourth-order valence-corrected chi connectivity index (χ4v) is 5.43. The Morgan fingerprint density at radius 2 is 2.00 bits per heavy atom. The molecule has 1 unspecified atom stereocenters. The summed E-state index contributed by atoms with van der Waals surface area (Å²) in [4.78, 5) is 9.21. The number of hydrogen-bond acceptors (Lipinski definition) is 10. The van der Waals surface area contributed by atoms with E-state index in [1.165, 1.54) is 0 Å². The van der Waals surface area contributed by atoms with Crippen molar-refractivity contribution in [1.29, 1.82) is 5.41 Å². The highest BCUT2D eigenvalue weighted by atomic mass is 35.5. The average molecular weight is 652 g/mol. The maximum absolute atomic E-state index is 15.1. The molecule has 0 spiro atoms. The Balaban J connectivity index is 1.27. The van der Waals surface area contributed by atoms with E-state index in [9.17, 15) is 5.11 Å². The lowest BCUT2D eigenvalue weighted by Crippen LogP contribution is -2.41. The van der Waals surface area contributed by atoms with Crippen molar-refractivity contribution in [3.8, 4) is 11.3 Å². The van der Waals surface area contributed by atoms with Crippen LogP contribution in [0.5, 0.6) is 0 Å². The van der Waals surface area contributed by atoms with Crippen LogP contribution in [0.3, 0.4) is 0 Å². The summed E-state index contributed by atoms with van der Waals surface area (Å²) in [5.41, 5.74) is 15.3.